The molecule has 0 radical (unpaired) electrons. The summed E-state index contributed by atoms with van der Waals surface area (Å²) in [7, 11) is 4.73. The van der Waals surface area contributed by atoms with Crippen molar-refractivity contribution >= 4 is 29.2 Å². The van der Waals surface area contributed by atoms with Crippen molar-refractivity contribution in [1.82, 2.24) is 0 Å². The molecule has 2 aromatic rings. The minimum atomic E-state index is -0.259. The Labute approximate surface area is 169 Å². The van der Waals surface area contributed by atoms with Gasteiger partial charge in [0.15, 0.2) is 11.5 Å². The Hall–Kier alpha value is -3.63. The maximum atomic E-state index is 12.0. The fourth-order valence-electron chi connectivity index (χ4n) is 3.60. The molecule has 0 saturated carbocycles. The van der Waals surface area contributed by atoms with Gasteiger partial charge in [-0.3, -0.25) is 4.79 Å². The highest BCUT2D eigenvalue weighted by Gasteiger charge is 2.25. The van der Waals surface area contributed by atoms with Gasteiger partial charge in [-0.15, -0.1) is 0 Å². The van der Waals surface area contributed by atoms with Gasteiger partial charge in [0.05, 0.1) is 21.3 Å². The van der Waals surface area contributed by atoms with E-state index in [9.17, 15) is 4.79 Å². The number of benzene rings is 2. The lowest BCUT2D eigenvalue weighted by atomic mass is 10.0. The smallest absolute Gasteiger partial charge is 0.323 e. The Bertz CT molecular complexity index is 1050. The molecule has 0 saturated heterocycles. The second-order valence-electron chi connectivity index (χ2n) is 6.55. The summed E-state index contributed by atoms with van der Waals surface area (Å²) in [5.74, 6) is 1.42. The average molecular weight is 390 g/mol. The molecule has 1 aliphatic rings. The van der Waals surface area contributed by atoms with Crippen LogP contribution < -0.4 is 14.2 Å². The van der Waals surface area contributed by atoms with Gasteiger partial charge in [0, 0.05) is 6.42 Å². The number of allylic oxidation sites excluding steroid dienone is 3. The second kappa shape index (κ2) is 8.59. The van der Waals surface area contributed by atoms with Gasteiger partial charge in [0.2, 0.25) is 11.5 Å². The molecular formula is C23H22N2O4. The molecule has 0 N–H and O–H groups in total. The molecule has 1 aliphatic carbocycles. The Morgan fingerprint density at radius 2 is 1.66 bits per heavy atom. The van der Waals surface area contributed by atoms with E-state index in [1.54, 1.807) is 21.3 Å². The Kier molecular flexibility index (Phi) is 5.96. The molecular weight excluding hydrogens is 368 g/mol. The number of ether oxygens (including phenoxy) is 3. The first-order valence-corrected chi connectivity index (χ1v) is 9.05. The van der Waals surface area contributed by atoms with E-state index in [4.69, 9.17) is 19.7 Å². The Morgan fingerprint density at radius 1 is 1.03 bits per heavy atom. The highest BCUT2D eigenvalue weighted by molar-refractivity contribution is 6.28. The minimum absolute atomic E-state index is 0.166. The third-order valence-electron chi connectivity index (χ3n) is 4.95. The van der Waals surface area contributed by atoms with Gasteiger partial charge in [-0.1, -0.05) is 24.3 Å². The van der Waals surface area contributed by atoms with E-state index in [1.807, 2.05) is 49.4 Å². The maximum absolute atomic E-state index is 12.0. The number of hydrogen-bond acceptors (Lipinski definition) is 4. The number of methoxy groups -OCH3 is 3. The molecule has 0 aliphatic heterocycles. The van der Waals surface area contributed by atoms with Crippen LogP contribution in [0.3, 0.4) is 0 Å². The molecule has 0 unspecified atom stereocenters. The van der Waals surface area contributed by atoms with E-state index in [1.165, 1.54) is 0 Å². The highest BCUT2D eigenvalue weighted by Crippen LogP contribution is 2.45. The van der Waals surface area contributed by atoms with Crippen molar-refractivity contribution in [3.05, 3.63) is 64.2 Å². The lowest BCUT2D eigenvalue weighted by molar-refractivity contribution is -0.115. The van der Waals surface area contributed by atoms with Crippen molar-refractivity contribution < 1.29 is 23.8 Å². The minimum Gasteiger partial charge on any atom is -0.493 e. The van der Waals surface area contributed by atoms with Gasteiger partial charge in [0.1, 0.15) is 0 Å². The standard InChI is InChI=1S/C23H22N2O4/c1-14-19(9-15-10-21(27-2)23(29-4)22(11-15)28-3)17-7-5-6-8-18(17)20(14)12-16(26)13-25-24/h5-11,13H,12H2,1-4H3. The number of hydrogen-bond donors (Lipinski definition) is 0. The maximum Gasteiger partial charge on any atom is 0.323 e. The molecule has 0 heterocycles. The summed E-state index contributed by atoms with van der Waals surface area (Å²) >= 11 is 0. The van der Waals surface area contributed by atoms with Crippen LogP contribution in [0, 0.1) is 0 Å². The molecule has 0 aromatic heterocycles. The molecule has 6 nitrogen and oxygen atoms in total. The predicted octanol–water partition coefficient (Wildman–Crippen LogP) is 4.30. The molecule has 0 spiro atoms. The zero-order chi connectivity index (χ0) is 21.0. The van der Waals surface area contributed by atoms with E-state index >= 15 is 0 Å². The summed E-state index contributed by atoms with van der Waals surface area (Å²) in [4.78, 5) is 14.9. The number of nitrogens with zero attached hydrogens (tertiary/aromatic N) is 2. The van der Waals surface area contributed by atoms with Gasteiger partial charge >= 0.3 is 6.21 Å². The summed E-state index contributed by atoms with van der Waals surface area (Å²) < 4.78 is 16.3. The lowest BCUT2D eigenvalue weighted by Gasteiger charge is -2.13. The van der Waals surface area contributed by atoms with Crippen LogP contribution in [0.5, 0.6) is 17.2 Å². The van der Waals surface area contributed by atoms with Gasteiger partial charge in [-0.25, -0.2) is 0 Å². The summed E-state index contributed by atoms with van der Waals surface area (Å²) in [5.41, 5.74) is 14.5. The fraction of sp³-hybridized carbons (Fsp3) is 0.217. The Morgan fingerprint density at radius 3 is 2.21 bits per heavy atom. The third-order valence-corrected chi connectivity index (χ3v) is 4.95. The number of ketones is 1. The zero-order valence-electron chi connectivity index (χ0n) is 16.9. The van der Waals surface area contributed by atoms with Crippen LogP contribution in [0.4, 0.5) is 0 Å². The zero-order valence-corrected chi connectivity index (χ0v) is 16.9. The second-order valence-corrected chi connectivity index (χ2v) is 6.55. The number of fused-ring (bicyclic) bond motifs is 1. The van der Waals surface area contributed by atoms with Gasteiger partial charge in [-0.2, -0.15) is 4.79 Å². The third kappa shape index (κ3) is 3.84. The van der Waals surface area contributed by atoms with Gasteiger partial charge in [0.25, 0.3) is 0 Å². The van der Waals surface area contributed by atoms with Crippen molar-refractivity contribution in [2.24, 2.45) is 0 Å². The number of Topliss-reactive ketones (excluding diaryl/α,β-unsaturated/α-hetero) is 1. The number of carbonyl (C=O) groups is 1. The monoisotopic (exact) mass is 390 g/mol. The normalized spacial score (nSPS) is 13.7. The van der Waals surface area contributed by atoms with Crippen molar-refractivity contribution in [3.63, 3.8) is 0 Å². The number of carbonyl (C=O) groups excluding carboxylic acids is 1. The fourth-order valence-corrected chi connectivity index (χ4v) is 3.60. The van der Waals surface area contributed by atoms with Gasteiger partial charge in [-0.05, 0) is 58.5 Å². The van der Waals surface area contributed by atoms with Crippen LogP contribution >= 0.6 is 0 Å². The van der Waals surface area contributed by atoms with Gasteiger partial charge < -0.3 is 19.7 Å². The first kappa shape index (κ1) is 20.1. The molecule has 0 amide bonds. The van der Waals surface area contributed by atoms with Crippen molar-refractivity contribution in [1.29, 1.82) is 0 Å². The summed E-state index contributed by atoms with van der Waals surface area (Å²) in [6, 6.07) is 11.7. The van der Waals surface area contributed by atoms with Crippen molar-refractivity contribution in [2.75, 3.05) is 21.3 Å². The van der Waals surface area contributed by atoms with Crippen LogP contribution in [0.1, 0.15) is 30.0 Å². The quantitative estimate of drug-likeness (QED) is 0.401. The number of rotatable bonds is 7. The van der Waals surface area contributed by atoms with E-state index in [-0.39, 0.29) is 12.2 Å². The first-order valence-electron chi connectivity index (χ1n) is 9.05. The van der Waals surface area contributed by atoms with Crippen LogP contribution in [-0.4, -0.2) is 38.1 Å². The van der Waals surface area contributed by atoms with Crippen LogP contribution in [-0.2, 0) is 4.79 Å². The predicted molar refractivity (Wildman–Crippen MR) is 112 cm³/mol. The van der Waals surface area contributed by atoms with Crippen LogP contribution in [0.15, 0.2) is 42.0 Å². The molecule has 148 valence electrons. The Balaban J connectivity index is 2.15. The van der Waals surface area contributed by atoms with Crippen molar-refractivity contribution in [3.8, 4) is 17.2 Å². The molecule has 3 rings (SSSR count). The van der Waals surface area contributed by atoms with E-state index in [0.717, 1.165) is 39.6 Å². The van der Waals surface area contributed by atoms with Crippen LogP contribution in [0.25, 0.3) is 22.8 Å². The van der Waals surface area contributed by atoms with E-state index < -0.39 is 0 Å². The molecule has 0 bridgehead atoms. The molecule has 0 atom stereocenters. The summed E-state index contributed by atoms with van der Waals surface area (Å²) in [6.45, 7) is 1.99. The largest absolute Gasteiger partial charge is 0.493 e. The molecule has 29 heavy (non-hydrogen) atoms. The molecule has 6 heteroatoms. The lowest BCUT2D eigenvalue weighted by Crippen LogP contribution is -2.01. The van der Waals surface area contributed by atoms with Crippen molar-refractivity contribution in [2.45, 2.75) is 13.3 Å². The van der Waals surface area contributed by atoms with E-state index in [0.29, 0.717) is 17.2 Å². The highest BCUT2D eigenvalue weighted by atomic mass is 16.5. The molecule has 2 aromatic carbocycles. The van der Waals surface area contributed by atoms with E-state index in [2.05, 4.69) is 4.79 Å². The van der Waals surface area contributed by atoms with Crippen LogP contribution in [0.2, 0.25) is 0 Å². The topological polar surface area (TPSA) is 81.2 Å². The SMILES string of the molecule is COc1cc(C=C2C(C)=C(CC(=O)C=[N+]=[N-])c3ccccc32)cc(OC)c1OC. The summed E-state index contributed by atoms with van der Waals surface area (Å²) in [6.07, 6.45) is 3.14. The summed E-state index contributed by atoms with van der Waals surface area (Å²) in [5, 5.41) is 0. The first-order chi connectivity index (χ1) is 14.0. The molecule has 0 fully saturated rings. The average Bonchev–Trinajstić information content (AvgIpc) is 2.99.